The molecule has 0 bridgehead atoms. The fraction of sp³-hybridized carbons (Fsp3) is 0.462. The number of benzene rings is 1. The molecule has 1 aromatic carbocycles. The zero-order valence-corrected chi connectivity index (χ0v) is 11.6. The van der Waals surface area contributed by atoms with E-state index in [1.807, 2.05) is 20.8 Å². The number of nitrogens with zero attached hydrogens (tertiary/aromatic N) is 1. The average Bonchev–Trinajstić information content (AvgIpc) is 2.93. The fourth-order valence-electron chi connectivity index (χ4n) is 2.17. The average molecular weight is 263 g/mol. The largest absolute Gasteiger partial charge is 0.482 e. The summed E-state index contributed by atoms with van der Waals surface area (Å²) in [4.78, 5) is 4.35. The van der Waals surface area contributed by atoms with E-state index in [1.54, 1.807) is 0 Å². The molecule has 0 radical (unpaired) electrons. The zero-order valence-electron chi connectivity index (χ0n) is 11.6. The van der Waals surface area contributed by atoms with Crippen LogP contribution in [0.25, 0.3) is 0 Å². The number of nitrogens with two attached hydrogens (primary N) is 3. The Morgan fingerprint density at radius 1 is 1.11 bits per heavy atom. The first-order chi connectivity index (χ1) is 8.93. The van der Waals surface area contributed by atoms with Gasteiger partial charge in [-0.1, -0.05) is 0 Å². The van der Waals surface area contributed by atoms with Crippen molar-refractivity contribution in [3.63, 3.8) is 0 Å². The molecular formula is C13H21N5O. The molecule has 0 aromatic heterocycles. The van der Waals surface area contributed by atoms with Crippen LogP contribution in [0.4, 0.5) is 17.1 Å². The van der Waals surface area contributed by atoms with Crippen molar-refractivity contribution in [1.82, 2.24) is 5.32 Å². The van der Waals surface area contributed by atoms with Crippen molar-refractivity contribution in [3.05, 3.63) is 11.1 Å². The number of hydrogen-bond donors (Lipinski definition) is 4. The molecule has 1 aromatic rings. The van der Waals surface area contributed by atoms with Gasteiger partial charge in [0, 0.05) is 17.7 Å². The number of amidine groups is 1. The van der Waals surface area contributed by atoms with Gasteiger partial charge in [-0.05, 0) is 20.8 Å². The van der Waals surface area contributed by atoms with Crippen molar-refractivity contribution >= 4 is 22.9 Å². The van der Waals surface area contributed by atoms with E-state index < -0.39 is 0 Å². The predicted molar refractivity (Wildman–Crippen MR) is 79.5 cm³/mol. The van der Waals surface area contributed by atoms with E-state index in [4.69, 9.17) is 21.9 Å². The maximum absolute atomic E-state index is 5.97. The van der Waals surface area contributed by atoms with Crippen LogP contribution in [-0.2, 0) is 0 Å². The van der Waals surface area contributed by atoms with Gasteiger partial charge in [0.25, 0.3) is 0 Å². The van der Waals surface area contributed by atoms with Gasteiger partial charge in [-0.3, -0.25) is 4.99 Å². The van der Waals surface area contributed by atoms with Gasteiger partial charge in [-0.15, -0.1) is 0 Å². The van der Waals surface area contributed by atoms with Gasteiger partial charge in [-0.2, -0.15) is 0 Å². The van der Waals surface area contributed by atoms with Crippen molar-refractivity contribution in [1.29, 1.82) is 0 Å². The Bertz CT molecular complexity index is 509. The monoisotopic (exact) mass is 263 g/mol. The maximum Gasteiger partial charge on any atom is 0.152 e. The highest BCUT2D eigenvalue weighted by atomic mass is 16.5. The van der Waals surface area contributed by atoms with E-state index in [0.717, 1.165) is 30.1 Å². The molecule has 0 spiro atoms. The van der Waals surface area contributed by atoms with E-state index >= 15 is 0 Å². The Labute approximate surface area is 113 Å². The van der Waals surface area contributed by atoms with Crippen LogP contribution in [-0.4, -0.2) is 25.0 Å². The van der Waals surface area contributed by atoms with Crippen LogP contribution in [0.5, 0.6) is 5.75 Å². The summed E-state index contributed by atoms with van der Waals surface area (Å²) in [6.07, 6.45) is -0.165. The molecule has 7 N–H and O–H groups in total. The molecule has 6 heteroatoms. The third kappa shape index (κ3) is 2.25. The number of ether oxygens (including phenoxy) is 1. The lowest BCUT2D eigenvalue weighted by Gasteiger charge is -2.22. The number of aliphatic imine (C=N–C) groups is 1. The third-order valence-corrected chi connectivity index (χ3v) is 3.45. The molecule has 1 unspecified atom stereocenters. The van der Waals surface area contributed by atoms with Gasteiger partial charge in [0.15, 0.2) is 6.10 Å². The molecule has 1 aliphatic rings. The maximum atomic E-state index is 5.97. The Morgan fingerprint density at radius 2 is 1.68 bits per heavy atom. The van der Waals surface area contributed by atoms with Crippen molar-refractivity contribution in [2.45, 2.75) is 26.9 Å². The fourth-order valence-corrected chi connectivity index (χ4v) is 2.17. The standard InChI is InChI=1S/C13H21N5O/c1-6-9(14)11(16)10(15)7(2)12(6)19-8(3)13-17-4-5-18-13/h8H,4-5,14-16H2,1-3H3,(H,17,18). The molecule has 2 rings (SSSR count). The number of nitrogens with one attached hydrogen (secondary N) is 1. The molecule has 1 heterocycles. The molecule has 0 amide bonds. The molecule has 1 aliphatic heterocycles. The second-order valence-corrected chi connectivity index (χ2v) is 4.77. The minimum Gasteiger partial charge on any atom is -0.482 e. The summed E-state index contributed by atoms with van der Waals surface area (Å²) in [5, 5.41) is 3.19. The normalized spacial score (nSPS) is 15.8. The number of nitrogen functional groups attached to an aromatic ring is 3. The van der Waals surface area contributed by atoms with E-state index in [2.05, 4.69) is 10.3 Å². The minimum absolute atomic E-state index is 0.165. The van der Waals surface area contributed by atoms with Crippen LogP contribution in [0.1, 0.15) is 18.1 Å². The highest BCUT2D eigenvalue weighted by Gasteiger charge is 2.20. The summed E-state index contributed by atoms with van der Waals surface area (Å²) in [6.45, 7) is 7.34. The summed E-state index contributed by atoms with van der Waals surface area (Å²) in [5.41, 5.74) is 20.8. The lowest BCUT2D eigenvalue weighted by Crippen LogP contribution is -2.33. The summed E-state index contributed by atoms with van der Waals surface area (Å²) < 4.78 is 5.97. The summed E-state index contributed by atoms with van der Waals surface area (Å²) in [5.74, 6) is 1.54. The van der Waals surface area contributed by atoms with Crippen LogP contribution in [0.15, 0.2) is 4.99 Å². The second-order valence-electron chi connectivity index (χ2n) is 4.77. The molecule has 0 fully saturated rings. The van der Waals surface area contributed by atoms with Crippen molar-refractivity contribution in [3.8, 4) is 5.75 Å². The molecule has 19 heavy (non-hydrogen) atoms. The number of anilines is 3. The Morgan fingerprint density at radius 3 is 2.16 bits per heavy atom. The predicted octanol–water partition coefficient (Wildman–Crippen LogP) is 0.819. The van der Waals surface area contributed by atoms with Gasteiger partial charge >= 0.3 is 0 Å². The molecule has 1 atom stereocenters. The number of hydrogen-bond acceptors (Lipinski definition) is 6. The first kappa shape index (κ1) is 13.3. The SMILES string of the molecule is Cc1c(N)c(N)c(N)c(C)c1OC(C)C1=NCCN1. The molecule has 104 valence electrons. The van der Waals surface area contributed by atoms with E-state index in [-0.39, 0.29) is 6.10 Å². The van der Waals surface area contributed by atoms with Crippen molar-refractivity contribution in [2.75, 3.05) is 30.3 Å². The summed E-state index contributed by atoms with van der Waals surface area (Å²) in [7, 11) is 0. The summed E-state index contributed by atoms with van der Waals surface area (Å²) >= 11 is 0. The lowest BCUT2D eigenvalue weighted by molar-refractivity contribution is 0.280. The quantitative estimate of drug-likeness (QED) is 0.603. The van der Waals surface area contributed by atoms with Gasteiger partial charge in [0.05, 0.1) is 23.6 Å². The highest BCUT2D eigenvalue weighted by Crippen LogP contribution is 2.39. The van der Waals surface area contributed by atoms with Gasteiger partial charge in [0.1, 0.15) is 11.6 Å². The first-order valence-electron chi connectivity index (χ1n) is 6.32. The number of rotatable bonds is 3. The Kier molecular flexibility index (Phi) is 3.42. The Hall–Kier alpha value is -2.11. The van der Waals surface area contributed by atoms with Crippen LogP contribution >= 0.6 is 0 Å². The zero-order chi connectivity index (χ0) is 14.2. The Balaban J connectivity index is 2.35. The van der Waals surface area contributed by atoms with E-state index in [1.165, 1.54) is 0 Å². The van der Waals surface area contributed by atoms with Crippen LogP contribution in [0.2, 0.25) is 0 Å². The topological polar surface area (TPSA) is 112 Å². The minimum atomic E-state index is -0.165. The summed E-state index contributed by atoms with van der Waals surface area (Å²) in [6, 6.07) is 0. The second kappa shape index (κ2) is 4.87. The molecule has 0 aliphatic carbocycles. The molecule has 0 saturated carbocycles. The van der Waals surface area contributed by atoms with Crippen LogP contribution < -0.4 is 27.3 Å². The van der Waals surface area contributed by atoms with Crippen molar-refractivity contribution < 1.29 is 4.74 Å². The molecular weight excluding hydrogens is 242 g/mol. The lowest BCUT2D eigenvalue weighted by atomic mass is 10.0. The van der Waals surface area contributed by atoms with Gasteiger partial charge < -0.3 is 27.3 Å². The first-order valence-corrected chi connectivity index (χ1v) is 6.32. The van der Waals surface area contributed by atoms with E-state index in [9.17, 15) is 0 Å². The van der Waals surface area contributed by atoms with Gasteiger partial charge in [0.2, 0.25) is 0 Å². The molecule has 0 saturated heterocycles. The van der Waals surface area contributed by atoms with Crippen molar-refractivity contribution in [2.24, 2.45) is 4.99 Å². The molecule has 6 nitrogen and oxygen atoms in total. The van der Waals surface area contributed by atoms with E-state index in [0.29, 0.717) is 22.8 Å². The third-order valence-electron chi connectivity index (χ3n) is 3.45. The van der Waals surface area contributed by atoms with Gasteiger partial charge in [-0.25, -0.2) is 0 Å². The smallest absolute Gasteiger partial charge is 0.152 e. The van der Waals surface area contributed by atoms with Crippen LogP contribution in [0.3, 0.4) is 0 Å². The highest BCUT2D eigenvalue weighted by molar-refractivity contribution is 5.89. The van der Waals surface area contributed by atoms with Crippen LogP contribution in [0, 0.1) is 13.8 Å².